The van der Waals surface area contributed by atoms with Gasteiger partial charge in [0.25, 0.3) is 0 Å². The number of ether oxygens (including phenoxy) is 1. The van der Waals surface area contributed by atoms with E-state index in [2.05, 4.69) is 10.6 Å². The summed E-state index contributed by atoms with van der Waals surface area (Å²) in [6, 6.07) is 37.7. The molecule has 45 heavy (non-hydrogen) atoms. The van der Waals surface area contributed by atoms with Crippen LogP contribution in [0.1, 0.15) is 36.7 Å². The van der Waals surface area contributed by atoms with E-state index in [1.807, 2.05) is 136 Å². The Labute approximate surface area is 262 Å². The Bertz CT molecular complexity index is 2040. The molecule has 0 heterocycles. The number of hydrogen-bond donors (Lipinski definition) is 3. The summed E-state index contributed by atoms with van der Waals surface area (Å²) < 4.78 is 6.49. The van der Waals surface area contributed by atoms with Crippen molar-refractivity contribution in [2.45, 2.75) is 27.4 Å². The number of hydrogen-bond acceptors (Lipinski definition) is 4. The Morgan fingerprint density at radius 3 is 2.02 bits per heavy atom. The molecule has 6 rings (SSSR count). The van der Waals surface area contributed by atoms with Crippen molar-refractivity contribution in [1.82, 2.24) is 0 Å². The molecule has 0 aliphatic rings. The first-order valence-electron chi connectivity index (χ1n) is 14.9. The van der Waals surface area contributed by atoms with Gasteiger partial charge >= 0.3 is 6.03 Å². The van der Waals surface area contributed by atoms with Gasteiger partial charge in [-0.25, -0.2) is 4.79 Å². The van der Waals surface area contributed by atoms with Gasteiger partial charge in [-0.15, -0.1) is 0 Å². The van der Waals surface area contributed by atoms with Gasteiger partial charge in [-0.05, 0) is 63.5 Å². The lowest BCUT2D eigenvalue weighted by atomic mass is 9.83. The zero-order valence-electron chi connectivity index (χ0n) is 25.4. The number of urea groups is 1. The number of phenols is 1. The molecule has 6 heteroatoms. The minimum Gasteiger partial charge on any atom is -0.507 e. The fraction of sp³-hybridized carbons (Fsp3) is 0.128. The molecule has 6 aromatic carbocycles. The number of anilines is 2. The first-order chi connectivity index (χ1) is 21.7. The van der Waals surface area contributed by atoms with Gasteiger partial charge in [0.2, 0.25) is 0 Å². The molecule has 2 amide bonds. The largest absolute Gasteiger partial charge is 0.507 e. The van der Waals surface area contributed by atoms with Crippen LogP contribution in [0.25, 0.3) is 32.7 Å². The Morgan fingerprint density at radius 2 is 1.29 bits per heavy atom. The summed E-state index contributed by atoms with van der Waals surface area (Å²) in [5.41, 5.74) is 3.02. The Morgan fingerprint density at radius 1 is 0.667 bits per heavy atom. The van der Waals surface area contributed by atoms with Crippen LogP contribution in [0.5, 0.6) is 11.5 Å². The number of rotatable bonds is 7. The molecule has 0 aromatic heterocycles. The van der Waals surface area contributed by atoms with Crippen molar-refractivity contribution < 1.29 is 19.4 Å². The van der Waals surface area contributed by atoms with E-state index in [0.717, 1.165) is 27.1 Å². The highest BCUT2D eigenvalue weighted by atomic mass is 16.5. The minimum atomic E-state index is -0.688. The van der Waals surface area contributed by atoms with Gasteiger partial charge in [0, 0.05) is 27.9 Å². The SMILES string of the molecule is CC(C)(C)C(=O)c1cc2ccccc2c(-c2c(OCc3cccc(NC(=O)Nc4ccccc4)c3)ccc3ccccc23)c1O. The van der Waals surface area contributed by atoms with Crippen LogP contribution >= 0.6 is 0 Å². The maximum atomic E-state index is 13.6. The number of carbonyl (C=O) groups excluding carboxylic acids is 2. The lowest BCUT2D eigenvalue weighted by molar-refractivity contribution is 0.0855. The third kappa shape index (κ3) is 6.22. The smallest absolute Gasteiger partial charge is 0.323 e. The zero-order chi connectivity index (χ0) is 31.6. The number of amides is 2. The van der Waals surface area contributed by atoms with Gasteiger partial charge in [-0.2, -0.15) is 0 Å². The van der Waals surface area contributed by atoms with Crippen LogP contribution in [0, 0.1) is 5.41 Å². The molecule has 0 atom stereocenters. The van der Waals surface area contributed by atoms with Gasteiger partial charge in [0.1, 0.15) is 18.1 Å². The molecule has 0 saturated heterocycles. The number of nitrogens with one attached hydrogen (secondary N) is 2. The predicted molar refractivity (Wildman–Crippen MR) is 182 cm³/mol. The quantitative estimate of drug-likeness (QED) is 0.161. The molecule has 0 aliphatic carbocycles. The number of carbonyl (C=O) groups is 2. The van der Waals surface area contributed by atoms with Crippen molar-refractivity contribution in [3.8, 4) is 22.6 Å². The van der Waals surface area contributed by atoms with Crippen molar-refractivity contribution in [2.75, 3.05) is 10.6 Å². The van der Waals surface area contributed by atoms with Crippen LogP contribution in [-0.4, -0.2) is 16.9 Å². The standard InChI is InChI=1S/C39H34N2O4/c1-39(2,3)37(43)32-23-27-14-8-10-19-31(27)35(36(32)42)34-30-18-9-7-13-26(30)20-21-33(34)45-24-25-12-11-17-29(22-25)41-38(44)40-28-15-5-4-6-16-28/h4-23,42H,24H2,1-3H3,(H2,40,41,44). The molecule has 0 aliphatic heterocycles. The van der Waals surface area contributed by atoms with E-state index in [-0.39, 0.29) is 29.7 Å². The molecule has 0 spiro atoms. The molecule has 0 unspecified atom stereocenters. The minimum absolute atomic E-state index is 0.0644. The number of fused-ring (bicyclic) bond motifs is 2. The summed E-state index contributed by atoms with van der Waals surface area (Å²) in [5.74, 6) is 0.357. The van der Waals surface area contributed by atoms with E-state index in [1.54, 1.807) is 6.07 Å². The maximum absolute atomic E-state index is 13.6. The summed E-state index contributed by atoms with van der Waals surface area (Å²) in [4.78, 5) is 26.1. The van der Waals surface area contributed by atoms with Crippen LogP contribution < -0.4 is 15.4 Å². The van der Waals surface area contributed by atoms with E-state index in [0.29, 0.717) is 28.3 Å². The molecule has 0 fully saturated rings. The van der Waals surface area contributed by atoms with Crippen molar-refractivity contribution in [3.05, 3.63) is 132 Å². The summed E-state index contributed by atoms with van der Waals surface area (Å²) >= 11 is 0. The van der Waals surface area contributed by atoms with Crippen LogP contribution in [0.3, 0.4) is 0 Å². The van der Waals surface area contributed by atoms with E-state index in [4.69, 9.17) is 4.74 Å². The van der Waals surface area contributed by atoms with Crippen LogP contribution in [-0.2, 0) is 6.61 Å². The second-order valence-corrected chi connectivity index (χ2v) is 12.0. The molecule has 6 nitrogen and oxygen atoms in total. The number of para-hydroxylation sites is 1. The van der Waals surface area contributed by atoms with Gasteiger partial charge in [-0.3, -0.25) is 4.79 Å². The Kier molecular flexibility index (Phi) is 7.97. The first-order valence-corrected chi connectivity index (χ1v) is 14.9. The number of Topliss-reactive ketones (excluding diaryl/α,β-unsaturated/α-hetero) is 1. The Balaban J connectivity index is 1.39. The Hall–Kier alpha value is -5.62. The third-order valence-electron chi connectivity index (χ3n) is 7.70. The average molecular weight is 595 g/mol. The van der Waals surface area contributed by atoms with Crippen molar-refractivity contribution in [1.29, 1.82) is 0 Å². The summed E-state index contributed by atoms with van der Waals surface area (Å²) in [6.45, 7) is 5.76. The van der Waals surface area contributed by atoms with E-state index < -0.39 is 5.41 Å². The van der Waals surface area contributed by atoms with Crippen LogP contribution in [0.2, 0.25) is 0 Å². The highest BCUT2D eigenvalue weighted by Gasteiger charge is 2.29. The van der Waals surface area contributed by atoms with Gasteiger partial charge < -0.3 is 20.5 Å². The van der Waals surface area contributed by atoms with E-state index >= 15 is 0 Å². The average Bonchev–Trinajstić information content (AvgIpc) is 3.03. The second-order valence-electron chi connectivity index (χ2n) is 12.0. The monoisotopic (exact) mass is 594 g/mol. The topological polar surface area (TPSA) is 87.7 Å². The van der Waals surface area contributed by atoms with Gasteiger partial charge in [-0.1, -0.05) is 106 Å². The molecule has 0 radical (unpaired) electrons. The van der Waals surface area contributed by atoms with E-state index in [9.17, 15) is 14.7 Å². The zero-order valence-corrected chi connectivity index (χ0v) is 25.4. The molecular formula is C39H34N2O4. The van der Waals surface area contributed by atoms with Crippen molar-refractivity contribution >= 4 is 44.7 Å². The fourth-order valence-electron chi connectivity index (χ4n) is 5.51. The molecule has 6 aromatic rings. The lowest BCUT2D eigenvalue weighted by Gasteiger charge is -2.22. The number of aromatic hydroxyl groups is 1. The predicted octanol–water partition coefficient (Wildman–Crippen LogP) is 9.82. The third-order valence-corrected chi connectivity index (χ3v) is 7.70. The summed E-state index contributed by atoms with van der Waals surface area (Å²) in [6.07, 6.45) is 0. The first kappa shape index (κ1) is 29.5. The molecule has 0 saturated carbocycles. The number of ketones is 1. The highest BCUT2D eigenvalue weighted by Crippen LogP contribution is 2.47. The molecule has 224 valence electrons. The van der Waals surface area contributed by atoms with Gasteiger partial charge in [0.05, 0.1) is 5.56 Å². The molecular weight excluding hydrogens is 560 g/mol. The van der Waals surface area contributed by atoms with Gasteiger partial charge in [0.15, 0.2) is 5.78 Å². The van der Waals surface area contributed by atoms with Crippen molar-refractivity contribution in [2.24, 2.45) is 5.41 Å². The number of phenolic OH excluding ortho intramolecular Hbond substituents is 1. The lowest BCUT2D eigenvalue weighted by Crippen LogP contribution is -2.20. The number of benzene rings is 6. The summed E-state index contributed by atoms with van der Waals surface area (Å²) in [5, 5.41) is 21.1. The van der Waals surface area contributed by atoms with Crippen LogP contribution in [0.4, 0.5) is 16.2 Å². The molecule has 3 N–H and O–H groups in total. The molecule has 0 bridgehead atoms. The highest BCUT2D eigenvalue weighted by molar-refractivity contribution is 6.15. The van der Waals surface area contributed by atoms with Crippen LogP contribution in [0.15, 0.2) is 121 Å². The van der Waals surface area contributed by atoms with Crippen molar-refractivity contribution in [3.63, 3.8) is 0 Å². The fourth-order valence-corrected chi connectivity index (χ4v) is 5.51. The normalized spacial score (nSPS) is 11.4. The summed E-state index contributed by atoms with van der Waals surface area (Å²) in [7, 11) is 0. The second kappa shape index (κ2) is 12.2. The van der Waals surface area contributed by atoms with E-state index in [1.165, 1.54) is 0 Å². The maximum Gasteiger partial charge on any atom is 0.323 e.